The zero-order chi connectivity index (χ0) is 18.6. The summed E-state index contributed by atoms with van der Waals surface area (Å²) in [5.74, 6) is 3.73. The van der Waals surface area contributed by atoms with E-state index in [1.165, 1.54) is 0 Å². The van der Waals surface area contributed by atoms with Crippen LogP contribution < -0.4 is 4.74 Å². The van der Waals surface area contributed by atoms with Crippen LogP contribution in [-0.4, -0.2) is 65.4 Å². The first-order valence-corrected chi connectivity index (χ1v) is 9.82. The average Bonchev–Trinajstić information content (AvgIpc) is 3.14. The normalized spacial score (nSPS) is 18.6. The Kier molecular flexibility index (Phi) is 5.34. The minimum Gasteiger partial charge on any atom is -0.439 e. The molecule has 0 unspecified atom stereocenters. The van der Waals surface area contributed by atoms with Gasteiger partial charge in [0.25, 0.3) is 0 Å². The Morgan fingerprint density at radius 2 is 2.00 bits per heavy atom. The quantitative estimate of drug-likeness (QED) is 0.815. The summed E-state index contributed by atoms with van der Waals surface area (Å²) in [5, 5.41) is 0. The van der Waals surface area contributed by atoms with Crippen LogP contribution in [-0.2, 0) is 0 Å². The van der Waals surface area contributed by atoms with Gasteiger partial charge in [0, 0.05) is 37.3 Å². The van der Waals surface area contributed by atoms with E-state index in [0.29, 0.717) is 11.8 Å². The molecule has 4 rings (SSSR count). The minimum absolute atomic E-state index is 0.421. The molecule has 1 aromatic carbocycles. The Labute approximate surface area is 160 Å². The molecule has 1 aromatic heterocycles. The van der Waals surface area contributed by atoms with E-state index < -0.39 is 0 Å². The van der Waals surface area contributed by atoms with E-state index in [1.807, 2.05) is 30.5 Å². The Morgan fingerprint density at radius 3 is 2.74 bits per heavy atom. The summed E-state index contributed by atoms with van der Waals surface area (Å²) in [7, 11) is 2.07. The molecule has 0 N–H and O–H groups in total. The second-order valence-electron chi connectivity index (χ2n) is 7.22. The fourth-order valence-corrected chi connectivity index (χ4v) is 3.78. The first kappa shape index (κ1) is 17.9. The standard InChI is InChI=1S/C21H27N5O/c1-3-26-12-8-16(9-13-26)20-22-10-7-19(24-20)27-18-6-4-5-17(15-18)21-23-11-14-25(21)2/h4-7,10,15-16H,3,8-9,11-14H2,1-2H3. The number of amidine groups is 1. The van der Waals surface area contributed by atoms with Crippen LogP contribution >= 0.6 is 0 Å². The lowest BCUT2D eigenvalue weighted by molar-refractivity contribution is 0.218. The van der Waals surface area contributed by atoms with Crippen molar-refractivity contribution in [1.29, 1.82) is 0 Å². The zero-order valence-electron chi connectivity index (χ0n) is 16.1. The predicted molar refractivity (Wildman–Crippen MR) is 107 cm³/mol. The van der Waals surface area contributed by atoms with E-state index >= 15 is 0 Å². The van der Waals surface area contributed by atoms with Crippen LogP contribution in [0.15, 0.2) is 41.5 Å². The van der Waals surface area contributed by atoms with Crippen molar-refractivity contribution < 1.29 is 4.74 Å². The van der Waals surface area contributed by atoms with E-state index in [1.54, 1.807) is 0 Å². The number of piperidine rings is 1. The number of aromatic nitrogens is 2. The van der Waals surface area contributed by atoms with E-state index in [-0.39, 0.29) is 0 Å². The average molecular weight is 365 g/mol. The van der Waals surface area contributed by atoms with Crippen LogP contribution in [0.25, 0.3) is 0 Å². The van der Waals surface area contributed by atoms with Gasteiger partial charge in [0.05, 0.1) is 6.54 Å². The summed E-state index contributed by atoms with van der Waals surface area (Å²) in [6.07, 6.45) is 4.03. The van der Waals surface area contributed by atoms with Crippen LogP contribution in [0.2, 0.25) is 0 Å². The van der Waals surface area contributed by atoms with Gasteiger partial charge < -0.3 is 14.5 Å². The molecule has 2 aliphatic heterocycles. The number of hydrogen-bond acceptors (Lipinski definition) is 6. The molecule has 6 nitrogen and oxygen atoms in total. The third-order valence-electron chi connectivity index (χ3n) is 5.42. The summed E-state index contributed by atoms with van der Waals surface area (Å²) >= 11 is 0. The van der Waals surface area contributed by atoms with Gasteiger partial charge in [-0.1, -0.05) is 19.1 Å². The molecule has 142 valence electrons. The van der Waals surface area contributed by atoms with Crippen molar-refractivity contribution >= 4 is 5.84 Å². The van der Waals surface area contributed by atoms with Gasteiger partial charge in [-0.15, -0.1) is 0 Å². The highest BCUT2D eigenvalue weighted by atomic mass is 16.5. The van der Waals surface area contributed by atoms with Gasteiger partial charge in [-0.05, 0) is 44.6 Å². The second-order valence-corrected chi connectivity index (χ2v) is 7.22. The van der Waals surface area contributed by atoms with Crippen molar-refractivity contribution in [3.05, 3.63) is 47.9 Å². The van der Waals surface area contributed by atoms with E-state index in [9.17, 15) is 0 Å². The molecular formula is C21H27N5O. The Hall–Kier alpha value is -2.47. The third kappa shape index (κ3) is 4.11. The monoisotopic (exact) mass is 365 g/mol. The molecule has 0 spiro atoms. The fraction of sp³-hybridized carbons (Fsp3) is 0.476. The van der Waals surface area contributed by atoms with Gasteiger partial charge in [0.15, 0.2) is 0 Å². The first-order valence-electron chi connectivity index (χ1n) is 9.82. The number of aliphatic imine (C=N–C) groups is 1. The lowest BCUT2D eigenvalue weighted by Crippen LogP contribution is -2.33. The van der Waals surface area contributed by atoms with E-state index in [0.717, 1.165) is 68.5 Å². The van der Waals surface area contributed by atoms with E-state index in [4.69, 9.17) is 9.72 Å². The number of nitrogens with zero attached hydrogens (tertiary/aromatic N) is 5. The molecule has 2 aromatic rings. The molecule has 1 fully saturated rings. The highest BCUT2D eigenvalue weighted by Gasteiger charge is 2.22. The topological polar surface area (TPSA) is 53.9 Å². The molecule has 27 heavy (non-hydrogen) atoms. The van der Waals surface area contributed by atoms with Crippen molar-refractivity contribution in [3.8, 4) is 11.6 Å². The molecule has 0 aliphatic carbocycles. The lowest BCUT2D eigenvalue weighted by atomic mass is 9.96. The maximum absolute atomic E-state index is 6.05. The highest BCUT2D eigenvalue weighted by molar-refractivity contribution is 5.99. The predicted octanol–water partition coefficient (Wildman–Crippen LogP) is 3.16. The summed E-state index contributed by atoms with van der Waals surface area (Å²) in [5.41, 5.74) is 1.08. The Bertz CT molecular complexity index is 814. The Morgan fingerprint density at radius 1 is 1.15 bits per heavy atom. The minimum atomic E-state index is 0.421. The van der Waals surface area contributed by atoms with Gasteiger partial charge in [-0.3, -0.25) is 4.99 Å². The summed E-state index contributed by atoms with van der Waals surface area (Å²) in [4.78, 5) is 18.4. The fourth-order valence-electron chi connectivity index (χ4n) is 3.78. The Balaban J connectivity index is 1.47. The molecule has 0 saturated carbocycles. The highest BCUT2D eigenvalue weighted by Crippen LogP contribution is 2.28. The van der Waals surface area contributed by atoms with E-state index in [2.05, 4.69) is 39.8 Å². The van der Waals surface area contributed by atoms with Crippen molar-refractivity contribution in [3.63, 3.8) is 0 Å². The number of hydrogen-bond donors (Lipinski definition) is 0. The van der Waals surface area contributed by atoms with Crippen LogP contribution in [0.4, 0.5) is 0 Å². The molecule has 6 heteroatoms. The first-order chi connectivity index (χ1) is 13.2. The van der Waals surface area contributed by atoms with Crippen LogP contribution in [0.1, 0.15) is 37.1 Å². The lowest BCUT2D eigenvalue weighted by Gasteiger charge is -2.30. The van der Waals surface area contributed by atoms with Crippen LogP contribution in [0, 0.1) is 0 Å². The van der Waals surface area contributed by atoms with Crippen LogP contribution in [0.3, 0.4) is 0 Å². The molecule has 2 aliphatic rings. The van der Waals surface area contributed by atoms with Gasteiger partial charge in [-0.25, -0.2) is 4.98 Å². The van der Waals surface area contributed by atoms with Gasteiger partial charge in [0.2, 0.25) is 5.88 Å². The maximum Gasteiger partial charge on any atom is 0.222 e. The largest absolute Gasteiger partial charge is 0.439 e. The molecule has 3 heterocycles. The van der Waals surface area contributed by atoms with Crippen LogP contribution in [0.5, 0.6) is 11.6 Å². The smallest absolute Gasteiger partial charge is 0.222 e. The molecule has 0 radical (unpaired) electrons. The number of likely N-dealkylation sites (tertiary alicyclic amines) is 1. The number of rotatable bonds is 5. The van der Waals surface area contributed by atoms with Gasteiger partial charge in [-0.2, -0.15) is 4.98 Å². The van der Waals surface area contributed by atoms with Crippen molar-refractivity contribution in [2.45, 2.75) is 25.7 Å². The number of benzene rings is 1. The third-order valence-corrected chi connectivity index (χ3v) is 5.42. The summed E-state index contributed by atoms with van der Waals surface area (Å²) < 4.78 is 6.05. The van der Waals surface area contributed by atoms with Gasteiger partial charge >= 0.3 is 0 Å². The van der Waals surface area contributed by atoms with Crippen molar-refractivity contribution in [2.75, 3.05) is 39.8 Å². The maximum atomic E-state index is 6.05. The SMILES string of the molecule is CCN1CCC(c2nccc(Oc3cccc(C4=NCCN4C)c3)n2)CC1. The molecule has 0 atom stereocenters. The molecule has 0 amide bonds. The van der Waals surface area contributed by atoms with Gasteiger partial charge in [0.1, 0.15) is 17.4 Å². The number of ether oxygens (including phenoxy) is 1. The van der Waals surface area contributed by atoms with Crippen molar-refractivity contribution in [2.24, 2.45) is 4.99 Å². The summed E-state index contributed by atoms with van der Waals surface area (Å²) in [6, 6.07) is 9.89. The molecular weight excluding hydrogens is 338 g/mol. The molecule has 1 saturated heterocycles. The van der Waals surface area contributed by atoms with Crippen molar-refractivity contribution in [1.82, 2.24) is 19.8 Å². The summed E-state index contributed by atoms with van der Waals surface area (Å²) in [6.45, 7) is 7.39. The second kappa shape index (κ2) is 8.05. The molecule has 0 bridgehead atoms. The number of likely N-dealkylation sites (N-methyl/N-ethyl adjacent to an activating group) is 1. The zero-order valence-corrected chi connectivity index (χ0v) is 16.1.